The van der Waals surface area contributed by atoms with Crippen LogP contribution in [0.2, 0.25) is 0 Å². The summed E-state index contributed by atoms with van der Waals surface area (Å²) < 4.78 is 17.6. The van der Waals surface area contributed by atoms with E-state index in [4.69, 9.17) is 14.2 Å². The third-order valence-electron chi connectivity index (χ3n) is 7.95. The van der Waals surface area contributed by atoms with E-state index >= 15 is 0 Å². The molecule has 0 aromatic heterocycles. The fraction of sp³-hybridized carbons (Fsp3) is 0.950. The van der Waals surface area contributed by atoms with Gasteiger partial charge in [0.05, 0.1) is 37.4 Å². The van der Waals surface area contributed by atoms with E-state index in [0.29, 0.717) is 38.9 Å². The first kappa shape index (κ1) is 19.6. The lowest BCUT2D eigenvalue weighted by Gasteiger charge is -2.61. The molecule has 4 rings (SSSR count). The third kappa shape index (κ3) is 2.85. The Labute approximate surface area is 160 Å². The monoisotopic (exact) mass is 384 g/mol. The van der Waals surface area contributed by atoms with Crippen LogP contribution in [0, 0.1) is 28.6 Å². The first-order valence-corrected chi connectivity index (χ1v) is 10.3. The normalized spacial score (nSPS) is 51.8. The predicted molar refractivity (Wildman–Crippen MR) is 94.4 cm³/mol. The predicted octanol–water partition coefficient (Wildman–Crippen LogP) is 0.838. The molecular weight excluding hydrogens is 352 g/mol. The zero-order chi connectivity index (χ0) is 19.4. The second-order valence-electron chi connectivity index (χ2n) is 9.22. The number of ether oxygens (including phenoxy) is 3. The fourth-order valence-electron chi connectivity index (χ4n) is 6.37. The van der Waals surface area contributed by atoms with Crippen molar-refractivity contribution in [1.82, 2.24) is 0 Å². The smallest absolute Gasteiger partial charge is 0.305 e. The molecule has 7 nitrogen and oxygen atoms in total. The number of carbonyl (C=O) groups is 1. The van der Waals surface area contributed by atoms with Crippen molar-refractivity contribution in [1.29, 1.82) is 0 Å². The summed E-state index contributed by atoms with van der Waals surface area (Å²) in [6, 6.07) is 0. The van der Waals surface area contributed by atoms with Gasteiger partial charge in [0.2, 0.25) is 0 Å². The van der Waals surface area contributed by atoms with E-state index < -0.39 is 17.8 Å². The van der Waals surface area contributed by atoms with Gasteiger partial charge in [-0.15, -0.1) is 0 Å². The molecule has 5 unspecified atom stereocenters. The Kier molecular flexibility index (Phi) is 5.04. The van der Waals surface area contributed by atoms with E-state index in [1.807, 2.05) is 0 Å². The molecule has 9 atom stereocenters. The van der Waals surface area contributed by atoms with Crippen molar-refractivity contribution in [3.63, 3.8) is 0 Å². The quantitative estimate of drug-likeness (QED) is 0.619. The lowest BCUT2D eigenvalue weighted by Crippen LogP contribution is -2.66. The van der Waals surface area contributed by atoms with Crippen LogP contribution in [0.5, 0.6) is 0 Å². The van der Waals surface area contributed by atoms with Crippen LogP contribution in [0.4, 0.5) is 0 Å². The molecule has 154 valence electrons. The van der Waals surface area contributed by atoms with E-state index in [1.165, 1.54) is 0 Å². The highest BCUT2D eigenvalue weighted by atomic mass is 16.6. The first-order chi connectivity index (χ1) is 12.9. The number of hydrogen-bond acceptors (Lipinski definition) is 7. The molecule has 0 amide bonds. The maximum atomic E-state index is 11.9. The second-order valence-corrected chi connectivity index (χ2v) is 9.22. The minimum absolute atomic E-state index is 0.0375. The lowest BCUT2D eigenvalue weighted by molar-refractivity contribution is -0.292. The van der Waals surface area contributed by atoms with Crippen molar-refractivity contribution in [3.05, 3.63) is 0 Å². The van der Waals surface area contributed by atoms with Crippen molar-refractivity contribution in [3.8, 4) is 0 Å². The number of rotatable bonds is 3. The standard InChI is InChI=1S/C20H32O7/c1-3-15(23)27-14-5-4-12-17-13(22)6-11-7-16(24)25-9-19(11,2)18(17)26-10-20(12,14)8-21/h11-14,16-18,21-22,24H,3-10H2,1-2H3/t11?,12?,13?,14-,16-,17?,18?,19-,20-/m0/s1. The Morgan fingerprint density at radius 1 is 1.19 bits per heavy atom. The molecule has 7 heteroatoms. The van der Waals surface area contributed by atoms with Crippen molar-refractivity contribution in [2.45, 2.75) is 70.6 Å². The van der Waals surface area contributed by atoms with Gasteiger partial charge in [-0.2, -0.15) is 0 Å². The summed E-state index contributed by atoms with van der Waals surface area (Å²) >= 11 is 0. The van der Waals surface area contributed by atoms with Crippen LogP contribution < -0.4 is 0 Å². The minimum Gasteiger partial charge on any atom is -0.462 e. The molecule has 3 N–H and O–H groups in total. The molecule has 2 saturated carbocycles. The zero-order valence-corrected chi connectivity index (χ0v) is 16.2. The largest absolute Gasteiger partial charge is 0.462 e. The molecule has 4 fully saturated rings. The van der Waals surface area contributed by atoms with Crippen LogP contribution in [0.25, 0.3) is 0 Å². The van der Waals surface area contributed by atoms with Crippen molar-refractivity contribution >= 4 is 5.97 Å². The Morgan fingerprint density at radius 2 is 1.96 bits per heavy atom. The summed E-state index contributed by atoms with van der Waals surface area (Å²) in [4.78, 5) is 11.9. The first-order valence-electron chi connectivity index (χ1n) is 10.3. The fourth-order valence-corrected chi connectivity index (χ4v) is 6.37. The van der Waals surface area contributed by atoms with Crippen molar-refractivity contribution in [2.24, 2.45) is 28.6 Å². The molecule has 0 radical (unpaired) electrons. The van der Waals surface area contributed by atoms with Crippen LogP contribution in [-0.4, -0.2) is 65.7 Å². The number of carbonyl (C=O) groups excluding carboxylic acids is 1. The summed E-state index contributed by atoms with van der Waals surface area (Å²) in [6.45, 7) is 4.48. The molecule has 0 bridgehead atoms. The summed E-state index contributed by atoms with van der Waals surface area (Å²) in [5.41, 5.74) is -0.922. The molecule has 2 aliphatic carbocycles. The molecule has 0 spiro atoms. The lowest BCUT2D eigenvalue weighted by atomic mass is 9.53. The molecule has 2 heterocycles. The van der Waals surface area contributed by atoms with Crippen LogP contribution in [0.15, 0.2) is 0 Å². The topological polar surface area (TPSA) is 105 Å². The van der Waals surface area contributed by atoms with Gasteiger partial charge in [-0.05, 0) is 31.1 Å². The van der Waals surface area contributed by atoms with Gasteiger partial charge in [0, 0.05) is 24.2 Å². The minimum atomic E-state index is -0.781. The number of esters is 1. The van der Waals surface area contributed by atoms with Crippen LogP contribution in [0.1, 0.15) is 46.0 Å². The van der Waals surface area contributed by atoms with Crippen LogP contribution in [-0.2, 0) is 19.0 Å². The van der Waals surface area contributed by atoms with Gasteiger partial charge in [-0.1, -0.05) is 13.8 Å². The van der Waals surface area contributed by atoms with Crippen LogP contribution >= 0.6 is 0 Å². The van der Waals surface area contributed by atoms with E-state index in [-0.39, 0.29) is 48.0 Å². The van der Waals surface area contributed by atoms with Gasteiger partial charge in [0.15, 0.2) is 6.29 Å². The average molecular weight is 384 g/mol. The van der Waals surface area contributed by atoms with Gasteiger partial charge in [0.1, 0.15) is 6.10 Å². The van der Waals surface area contributed by atoms with Gasteiger partial charge in [-0.3, -0.25) is 4.79 Å². The number of aliphatic hydroxyl groups excluding tert-OH is 3. The zero-order valence-electron chi connectivity index (χ0n) is 16.2. The number of hydrogen-bond donors (Lipinski definition) is 3. The highest BCUT2D eigenvalue weighted by Gasteiger charge is 2.66. The Bertz CT molecular complexity index is 583. The Hall–Kier alpha value is -0.730. The summed E-state index contributed by atoms with van der Waals surface area (Å²) in [5.74, 6) is -0.220. The Morgan fingerprint density at radius 3 is 2.67 bits per heavy atom. The maximum Gasteiger partial charge on any atom is 0.305 e. The highest BCUT2D eigenvalue weighted by Crippen LogP contribution is 2.61. The SMILES string of the molecule is CCC(=O)O[C@H]1CCC2C3C(O)CC4C[C@@H](O)OC[C@]4(C)C3OC[C@@]21CO. The van der Waals surface area contributed by atoms with E-state index in [0.717, 1.165) is 6.42 Å². The summed E-state index contributed by atoms with van der Waals surface area (Å²) in [5, 5.41) is 31.2. The Balaban J connectivity index is 1.62. The molecule has 0 aromatic carbocycles. The molecular formula is C20H32O7. The van der Waals surface area contributed by atoms with Gasteiger partial charge < -0.3 is 29.5 Å². The van der Waals surface area contributed by atoms with Crippen molar-refractivity contribution < 1.29 is 34.3 Å². The van der Waals surface area contributed by atoms with Crippen molar-refractivity contribution in [2.75, 3.05) is 19.8 Å². The molecule has 4 aliphatic rings. The number of fused-ring (bicyclic) bond motifs is 5. The van der Waals surface area contributed by atoms with Gasteiger partial charge in [-0.25, -0.2) is 0 Å². The third-order valence-corrected chi connectivity index (χ3v) is 7.95. The second kappa shape index (κ2) is 6.95. The highest BCUT2D eigenvalue weighted by molar-refractivity contribution is 5.69. The summed E-state index contributed by atoms with van der Waals surface area (Å²) in [6.07, 6.45) is 0.988. The van der Waals surface area contributed by atoms with E-state index in [2.05, 4.69) is 6.92 Å². The van der Waals surface area contributed by atoms with E-state index in [1.54, 1.807) is 6.92 Å². The number of aliphatic hydroxyl groups is 3. The molecule has 27 heavy (non-hydrogen) atoms. The average Bonchev–Trinajstić information content (AvgIpc) is 3.02. The van der Waals surface area contributed by atoms with E-state index in [9.17, 15) is 20.1 Å². The maximum absolute atomic E-state index is 11.9. The molecule has 2 aliphatic heterocycles. The summed E-state index contributed by atoms with van der Waals surface area (Å²) in [7, 11) is 0. The van der Waals surface area contributed by atoms with Crippen LogP contribution in [0.3, 0.4) is 0 Å². The molecule has 0 aromatic rings. The van der Waals surface area contributed by atoms with Gasteiger partial charge in [0.25, 0.3) is 0 Å². The van der Waals surface area contributed by atoms with Gasteiger partial charge >= 0.3 is 5.97 Å². The molecule has 2 saturated heterocycles.